The quantitative estimate of drug-likeness (QED) is 0.317. The molecule has 0 aliphatic rings. The van der Waals surface area contributed by atoms with Gasteiger partial charge in [-0.1, -0.05) is 91.0 Å². The topological polar surface area (TPSA) is 94.1 Å². The van der Waals surface area contributed by atoms with Crippen molar-refractivity contribution < 1.29 is 28.9 Å². The van der Waals surface area contributed by atoms with Crippen LogP contribution in [0.4, 0.5) is 0 Å². The maximum absolute atomic E-state index is 12.0. The van der Waals surface area contributed by atoms with Crippen molar-refractivity contribution in [2.45, 2.75) is 51.1 Å². The molecule has 7 heteroatoms. The molecule has 0 aromatic heterocycles. The third-order valence-corrected chi connectivity index (χ3v) is 5.54. The molecule has 0 spiro atoms. The summed E-state index contributed by atoms with van der Waals surface area (Å²) >= 11 is 0. The predicted molar refractivity (Wildman–Crippen MR) is 136 cm³/mol. The number of carbonyl (C=O) groups is 2. The predicted octanol–water partition coefficient (Wildman–Crippen LogP) is 3.44. The number of aliphatic hydroxyl groups excluding tert-OH is 1. The fourth-order valence-electron chi connectivity index (χ4n) is 3.76. The molecule has 0 heterocycles. The van der Waals surface area contributed by atoms with E-state index in [0.717, 1.165) is 16.7 Å². The van der Waals surface area contributed by atoms with Gasteiger partial charge in [0.1, 0.15) is 30.6 Å². The minimum Gasteiger partial charge on any atom is -0.388 e. The van der Waals surface area contributed by atoms with Crippen molar-refractivity contribution in [2.24, 2.45) is 0 Å². The third kappa shape index (κ3) is 9.02. The fraction of sp³-hybridized carbons (Fsp3) is 0.310. The van der Waals surface area contributed by atoms with Gasteiger partial charge in [-0.2, -0.15) is 0 Å². The summed E-state index contributed by atoms with van der Waals surface area (Å²) in [6.07, 6.45) is -2.46. The summed E-state index contributed by atoms with van der Waals surface area (Å²) in [5.41, 5.74) is 2.74. The second-order valence-electron chi connectivity index (χ2n) is 8.45. The lowest BCUT2D eigenvalue weighted by Crippen LogP contribution is -2.55. The highest BCUT2D eigenvalue weighted by Crippen LogP contribution is 2.18. The van der Waals surface area contributed by atoms with Crippen molar-refractivity contribution >= 4 is 12.2 Å². The van der Waals surface area contributed by atoms with E-state index in [1.54, 1.807) is 0 Å². The number of ether oxygens (including phenoxy) is 3. The third-order valence-electron chi connectivity index (χ3n) is 5.54. The molecule has 190 valence electrons. The van der Waals surface area contributed by atoms with E-state index in [4.69, 9.17) is 14.2 Å². The molecule has 0 aliphatic carbocycles. The molecule has 36 heavy (non-hydrogen) atoms. The van der Waals surface area contributed by atoms with E-state index in [9.17, 15) is 14.7 Å². The normalized spacial score (nSPS) is 14.4. The zero-order chi connectivity index (χ0) is 25.6. The second kappa shape index (κ2) is 14.9. The zero-order valence-electron chi connectivity index (χ0n) is 20.4. The highest BCUT2D eigenvalue weighted by molar-refractivity contribution is 5.77. The highest BCUT2D eigenvalue weighted by Gasteiger charge is 2.37. The number of hydrogen-bond donors (Lipinski definition) is 2. The summed E-state index contributed by atoms with van der Waals surface area (Å²) in [7, 11) is 0. The molecule has 0 bridgehead atoms. The van der Waals surface area contributed by atoms with Crippen molar-refractivity contribution in [3.05, 3.63) is 108 Å². The summed E-state index contributed by atoms with van der Waals surface area (Å²) in [4.78, 5) is 23.9. The first-order valence-corrected chi connectivity index (χ1v) is 11.9. The average Bonchev–Trinajstić information content (AvgIpc) is 2.91. The van der Waals surface area contributed by atoms with Crippen LogP contribution in [0, 0.1) is 0 Å². The number of carbonyl (C=O) groups excluding carboxylic acids is 2. The fourth-order valence-corrected chi connectivity index (χ4v) is 3.76. The average molecular weight is 492 g/mol. The Bertz CT molecular complexity index is 1030. The van der Waals surface area contributed by atoms with Gasteiger partial charge >= 0.3 is 0 Å². The maximum atomic E-state index is 12.0. The van der Waals surface area contributed by atoms with Gasteiger partial charge < -0.3 is 29.4 Å². The number of benzene rings is 3. The van der Waals surface area contributed by atoms with Crippen LogP contribution in [-0.4, -0.2) is 48.3 Å². The molecule has 3 rings (SSSR count). The van der Waals surface area contributed by atoms with Crippen molar-refractivity contribution in [1.82, 2.24) is 5.32 Å². The highest BCUT2D eigenvalue weighted by atomic mass is 16.6. The molecule has 0 aliphatic heterocycles. The lowest BCUT2D eigenvalue weighted by molar-refractivity contribution is -0.160. The van der Waals surface area contributed by atoms with Gasteiger partial charge in [0.25, 0.3) is 0 Å². The first-order valence-electron chi connectivity index (χ1n) is 11.9. The summed E-state index contributed by atoms with van der Waals surface area (Å²) < 4.78 is 18.0. The van der Waals surface area contributed by atoms with Crippen LogP contribution in [0.5, 0.6) is 0 Å². The van der Waals surface area contributed by atoms with Crippen LogP contribution in [0.15, 0.2) is 91.0 Å². The lowest BCUT2D eigenvalue weighted by Gasteiger charge is -2.34. The van der Waals surface area contributed by atoms with Gasteiger partial charge in [-0.3, -0.25) is 4.79 Å². The van der Waals surface area contributed by atoms with E-state index in [1.165, 1.54) is 6.92 Å². The van der Waals surface area contributed by atoms with E-state index < -0.39 is 30.3 Å². The zero-order valence-corrected chi connectivity index (χ0v) is 20.4. The number of nitrogens with one attached hydrogen (secondary N) is 1. The van der Waals surface area contributed by atoms with Crippen LogP contribution >= 0.6 is 0 Å². The molecule has 0 unspecified atom stereocenters. The van der Waals surface area contributed by atoms with Crippen LogP contribution < -0.4 is 5.32 Å². The standard InChI is InChI=1S/C29H33NO6/c1-22(32)30-26(17-31)28(35-19-24-13-7-3-8-14-24)29(36-20-25-15-9-4-10-16-25)27(33)21-34-18-23-11-5-2-6-12-23/h2-17,26-29,33H,18-21H2,1H3,(H,30,32)/t26-,27+,28+,29-/m0/s1. The van der Waals surface area contributed by atoms with E-state index in [-0.39, 0.29) is 19.8 Å². The smallest absolute Gasteiger partial charge is 0.217 e. The van der Waals surface area contributed by atoms with Crippen molar-refractivity contribution in [3.8, 4) is 0 Å². The maximum Gasteiger partial charge on any atom is 0.217 e. The SMILES string of the molecule is CC(=O)N[C@@H](C=O)[C@@H](OCc1ccccc1)[C@@H](OCc1ccccc1)[C@H](O)COCc1ccccc1. The van der Waals surface area contributed by atoms with Crippen LogP contribution in [-0.2, 0) is 43.6 Å². The Labute approximate surface area is 212 Å². The van der Waals surface area contributed by atoms with Crippen LogP contribution in [0.3, 0.4) is 0 Å². The van der Waals surface area contributed by atoms with Gasteiger partial charge in [-0.25, -0.2) is 0 Å². The van der Waals surface area contributed by atoms with Gasteiger partial charge in [0.05, 0.1) is 26.4 Å². The Balaban J connectivity index is 1.79. The van der Waals surface area contributed by atoms with Crippen LogP contribution in [0.1, 0.15) is 23.6 Å². The molecule has 1 amide bonds. The van der Waals surface area contributed by atoms with Gasteiger partial charge in [0.2, 0.25) is 5.91 Å². The number of hydrogen-bond acceptors (Lipinski definition) is 6. The molecule has 2 N–H and O–H groups in total. The monoisotopic (exact) mass is 491 g/mol. The molecule has 0 radical (unpaired) electrons. The molecular formula is C29H33NO6. The number of aldehydes is 1. The Kier molecular flexibility index (Phi) is 11.3. The van der Waals surface area contributed by atoms with Crippen molar-refractivity contribution in [1.29, 1.82) is 0 Å². The summed E-state index contributed by atoms with van der Waals surface area (Å²) in [5, 5.41) is 13.8. The Morgan fingerprint density at radius 1 is 0.778 bits per heavy atom. The van der Waals surface area contributed by atoms with Crippen molar-refractivity contribution in [3.63, 3.8) is 0 Å². The number of amides is 1. The first kappa shape index (κ1) is 27.2. The van der Waals surface area contributed by atoms with E-state index in [0.29, 0.717) is 12.9 Å². The van der Waals surface area contributed by atoms with Crippen LogP contribution in [0.2, 0.25) is 0 Å². The minimum atomic E-state index is -1.13. The number of rotatable bonds is 15. The summed E-state index contributed by atoms with van der Waals surface area (Å²) in [5.74, 6) is -0.392. The molecule has 3 aromatic carbocycles. The molecule has 0 fully saturated rings. The molecule has 0 saturated heterocycles. The Morgan fingerprint density at radius 3 is 1.67 bits per heavy atom. The molecular weight excluding hydrogens is 458 g/mol. The second-order valence-corrected chi connectivity index (χ2v) is 8.45. The van der Waals surface area contributed by atoms with E-state index in [2.05, 4.69) is 5.32 Å². The van der Waals surface area contributed by atoms with E-state index >= 15 is 0 Å². The molecule has 4 atom stereocenters. The van der Waals surface area contributed by atoms with Gasteiger partial charge in [-0.15, -0.1) is 0 Å². The molecule has 3 aromatic rings. The Hall–Kier alpha value is -3.36. The Morgan fingerprint density at radius 2 is 1.22 bits per heavy atom. The molecule has 7 nitrogen and oxygen atoms in total. The molecule has 0 saturated carbocycles. The van der Waals surface area contributed by atoms with Gasteiger partial charge in [0.15, 0.2) is 0 Å². The van der Waals surface area contributed by atoms with Crippen LogP contribution in [0.25, 0.3) is 0 Å². The summed E-state index contributed by atoms with van der Waals surface area (Å²) in [6, 6.07) is 27.5. The minimum absolute atomic E-state index is 0.0504. The summed E-state index contributed by atoms with van der Waals surface area (Å²) in [6.45, 7) is 1.92. The van der Waals surface area contributed by atoms with Gasteiger partial charge in [-0.05, 0) is 16.7 Å². The first-order chi connectivity index (χ1) is 17.6. The largest absolute Gasteiger partial charge is 0.388 e. The van der Waals surface area contributed by atoms with E-state index in [1.807, 2.05) is 91.0 Å². The number of aliphatic hydroxyl groups is 1. The van der Waals surface area contributed by atoms with Crippen molar-refractivity contribution in [2.75, 3.05) is 6.61 Å². The van der Waals surface area contributed by atoms with Gasteiger partial charge in [0, 0.05) is 6.92 Å². The lowest BCUT2D eigenvalue weighted by atomic mass is 10.0.